The summed E-state index contributed by atoms with van der Waals surface area (Å²) in [6.07, 6.45) is 4.18. The van der Waals surface area contributed by atoms with Gasteiger partial charge in [-0.25, -0.2) is 4.90 Å². The van der Waals surface area contributed by atoms with Gasteiger partial charge in [0.25, 0.3) is 5.69 Å². The first-order chi connectivity index (χ1) is 18.7. The van der Waals surface area contributed by atoms with Crippen LogP contribution >= 0.6 is 0 Å². The zero-order valence-electron chi connectivity index (χ0n) is 21.9. The predicted molar refractivity (Wildman–Crippen MR) is 143 cm³/mol. The van der Waals surface area contributed by atoms with E-state index in [9.17, 15) is 29.8 Å². The first-order valence-corrected chi connectivity index (χ1v) is 13.3. The summed E-state index contributed by atoms with van der Waals surface area (Å²) in [7, 11) is -1.07. The number of allylic oxidation sites excluding steroid dienone is 2. The molecule has 4 atom stereocenters. The van der Waals surface area contributed by atoms with Gasteiger partial charge in [-0.2, -0.15) is 0 Å². The highest BCUT2D eigenvalue weighted by Gasteiger charge is 2.57. The number of hydrogen-bond acceptors (Lipinski definition) is 8. The van der Waals surface area contributed by atoms with E-state index in [-0.39, 0.29) is 42.0 Å². The van der Waals surface area contributed by atoms with Crippen molar-refractivity contribution in [2.45, 2.75) is 58.6 Å². The van der Waals surface area contributed by atoms with Crippen molar-refractivity contribution in [3.8, 4) is 0 Å². The number of imide groups is 1. The lowest BCUT2D eigenvalue weighted by Gasteiger charge is -2.42. The molecule has 2 saturated heterocycles. The molecule has 204 valence electrons. The molecule has 2 fully saturated rings. The number of hydrogen-bond donors (Lipinski definition) is 2. The van der Waals surface area contributed by atoms with E-state index < -0.39 is 30.0 Å². The molecule has 2 N–H and O–H groups in total. The van der Waals surface area contributed by atoms with Crippen molar-refractivity contribution < 1.29 is 33.7 Å². The van der Waals surface area contributed by atoms with Crippen LogP contribution in [0.4, 0.5) is 11.4 Å². The molecule has 2 aromatic rings. The Labute approximate surface area is 226 Å². The summed E-state index contributed by atoms with van der Waals surface area (Å²) >= 11 is 0. The van der Waals surface area contributed by atoms with E-state index in [1.807, 2.05) is 26.0 Å². The standard InChI is InChI=1S/C28H31BN2O8/c1-3-17(12-20-8-9-21(15-32)38-20)7-10-24-25-16(2)11-22-26(23(25)14-29(35)39-24)28(34)30(27(22)33)18-5-4-6-19(13-18)31(36)37/h4-6,8-9,12-13,22-24,26,32,35H,3,7,10-11,14-15H2,1-2H3/b17-12+/t22-,23+,24-,26-/m1/s1. The Morgan fingerprint density at radius 1 is 1.23 bits per heavy atom. The number of rotatable bonds is 8. The molecule has 0 radical (unpaired) electrons. The fourth-order valence-corrected chi connectivity index (χ4v) is 6.35. The number of nitro groups is 1. The van der Waals surface area contributed by atoms with Crippen LogP contribution in [0.25, 0.3) is 6.08 Å². The predicted octanol–water partition coefficient (Wildman–Crippen LogP) is 4.28. The SMILES string of the molecule is CC/C(=C\c1ccc(CO)o1)CC[C@H]1OB(O)C[C@H]2C1=C(C)C[C@H]1C(=O)N(c3cccc([N+](=O)[O-])c3)C(=O)[C@H]12. The second kappa shape index (κ2) is 10.9. The number of carbonyl (C=O) groups excluding carboxylic acids is 2. The van der Waals surface area contributed by atoms with Gasteiger partial charge in [0.15, 0.2) is 0 Å². The van der Waals surface area contributed by atoms with Gasteiger partial charge in [-0.05, 0) is 74.7 Å². The van der Waals surface area contributed by atoms with E-state index in [0.717, 1.165) is 28.0 Å². The molecule has 39 heavy (non-hydrogen) atoms. The Bertz CT molecular complexity index is 1360. The first kappa shape index (κ1) is 27.0. The van der Waals surface area contributed by atoms with Crippen LogP contribution in [0.5, 0.6) is 0 Å². The van der Waals surface area contributed by atoms with Gasteiger partial charge in [0.05, 0.1) is 28.6 Å². The maximum atomic E-state index is 13.7. The van der Waals surface area contributed by atoms with Gasteiger partial charge in [0.1, 0.15) is 18.1 Å². The maximum Gasteiger partial charge on any atom is 0.455 e. The number of aliphatic hydroxyl groups is 1. The topological polar surface area (TPSA) is 143 Å². The molecule has 1 aromatic carbocycles. The van der Waals surface area contributed by atoms with Gasteiger partial charge in [-0.3, -0.25) is 19.7 Å². The number of fused-ring (bicyclic) bond motifs is 3. The van der Waals surface area contributed by atoms with E-state index >= 15 is 0 Å². The van der Waals surface area contributed by atoms with Gasteiger partial charge in [-0.1, -0.05) is 24.1 Å². The highest BCUT2D eigenvalue weighted by Crippen LogP contribution is 2.51. The summed E-state index contributed by atoms with van der Waals surface area (Å²) < 4.78 is 11.6. The number of benzene rings is 1. The third-order valence-corrected chi connectivity index (χ3v) is 8.12. The lowest BCUT2D eigenvalue weighted by atomic mass is 9.59. The number of anilines is 1. The average Bonchev–Trinajstić information content (AvgIpc) is 3.47. The summed E-state index contributed by atoms with van der Waals surface area (Å²) in [5.74, 6) is -1.20. The Hall–Kier alpha value is -3.54. The van der Waals surface area contributed by atoms with Crippen molar-refractivity contribution in [1.29, 1.82) is 0 Å². The minimum absolute atomic E-state index is 0.167. The molecular formula is C28H31BN2O8. The van der Waals surface area contributed by atoms with Crippen molar-refractivity contribution >= 4 is 36.4 Å². The van der Waals surface area contributed by atoms with E-state index in [1.54, 1.807) is 6.07 Å². The average molecular weight is 534 g/mol. The molecule has 5 rings (SSSR count). The fourth-order valence-electron chi connectivity index (χ4n) is 6.35. The summed E-state index contributed by atoms with van der Waals surface area (Å²) in [5, 5.41) is 31.2. The van der Waals surface area contributed by atoms with Crippen LogP contribution in [0.1, 0.15) is 51.1 Å². The maximum absolute atomic E-state index is 13.7. The van der Waals surface area contributed by atoms with Crippen molar-refractivity contribution in [3.05, 3.63) is 74.8 Å². The molecule has 10 nitrogen and oxygen atoms in total. The molecule has 0 spiro atoms. The highest BCUT2D eigenvalue weighted by molar-refractivity contribution is 6.43. The van der Waals surface area contributed by atoms with Gasteiger partial charge in [-0.15, -0.1) is 0 Å². The Kier molecular flexibility index (Phi) is 7.57. The number of nitrogens with zero attached hydrogens (tertiary/aromatic N) is 2. The van der Waals surface area contributed by atoms with Crippen molar-refractivity contribution in [3.63, 3.8) is 0 Å². The zero-order chi connectivity index (χ0) is 27.8. The number of nitro benzene ring substituents is 1. The summed E-state index contributed by atoms with van der Waals surface area (Å²) in [4.78, 5) is 39.0. The van der Waals surface area contributed by atoms with Gasteiger partial charge in [0, 0.05) is 12.1 Å². The number of furan rings is 1. The second-order valence-electron chi connectivity index (χ2n) is 10.4. The lowest BCUT2D eigenvalue weighted by molar-refractivity contribution is -0.384. The van der Waals surface area contributed by atoms with Crippen molar-refractivity contribution in [2.75, 3.05) is 4.90 Å². The minimum atomic E-state index is -1.07. The lowest BCUT2D eigenvalue weighted by Crippen LogP contribution is -2.46. The molecule has 2 aliphatic heterocycles. The van der Waals surface area contributed by atoms with Gasteiger partial charge < -0.3 is 19.2 Å². The van der Waals surface area contributed by atoms with Crippen LogP contribution in [0.15, 0.2) is 57.5 Å². The molecule has 3 aliphatic rings. The first-order valence-electron chi connectivity index (χ1n) is 13.3. The van der Waals surface area contributed by atoms with Crippen LogP contribution in [-0.2, 0) is 20.9 Å². The van der Waals surface area contributed by atoms with Crippen molar-refractivity contribution in [1.82, 2.24) is 0 Å². The molecule has 3 heterocycles. The van der Waals surface area contributed by atoms with E-state index in [1.165, 1.54) is 24.3 Å². The fraction of sp³-hybridized carbons (Fsp3) is 0.429. The smallest absolute Gasteiger partial charge is 0.455 e. The molecule has 2 amide bonds. The molecule has 0 bridgehead atoms. The molecule has 1 aromatic heterocycles. The molecule has 11 heteroatoms. The number of aliphatic hydroxyl groups excluding tert-OH is 1. The summed E-state index contributed by atoms with van der Waals surface area (Å²) in [5.41, 5.74) is 3.07. The molecule has 0 saturated carbocycles. The highest BCUT2D eigenvalue weighted by atomic mass is 16.6. The van der Waals surface area contributed by atoms with E-state index in [4.69, 9.17) is 9.07 Å². The van der Waals surface area contributed by atoms with Gasteiger partial charge >= 0.3 is 7.12 Å². The summed E-state index contributed by atoms with van der Waals surface area (Å²) in [6.45, 7) is 3.83. The van der Waals surface area contributed by atoms with Crippen molar-refractivity contribution in [2.24, 2.45) is 17.8 Å². The van der Waals surface area contributed by atoms with Crippen LogP contribution in [0.3, 0.4) is 0 Å². The minimum Gasteiger partial charge on any atom is -0.459 e. The van der Waals surface area contributed by atoms with Crippen LogP contribution in [0, 0.1) is 27.9 Å². The second-order valence-corrected chi connectivity index (χ2v) is 10.4. The number of amides is 2. The molecule has 1 aliphatic carbocycles. The third-order valence-electron chi connectivity index (χ3n) is 8.12. The zero-order valence-corrected chi connectivity index (χ0v) is 21.9. The van der Waals surface area contributed by atoms with E-state index in [0.29, 0.717) is 30.8 Å². The van der Waals surface area contributed by atoms with Gasteiger partial charge in [0.2, 0.25) is 11.8 Å². The Morgan fingerprint density at radius 2 is 2.03 bits per heavy atom. The van der Waals surface area contributed by atoms with Crippen LogP contribution in [-0.4, -0.2) is 40.1 Å². The largest absolute Gasteiger partial charge is 0.459 e. The number of carbonyl (C=O) groups is 2. The van der Waals surface area contributed by atoms with Crippen LogP contribution < -0.4 is 4.90 Å². The van der Waals surface area contributed by atoms with Crippen LogP contribution in [0.2, 0.25) is 6.32 Å². The Morgan fingerprint density at radius 3 is 2.72 bits per heavy atom. The third kappa shape index (κ3) is 5.09. The quantitative estimate of drug-likeness (QED) is 0.168. The summed E-state index contributed by atoms with van der Waals surface area (Å²) in [6, 6.07) is 9.10. The number of non-ortho nitro benzene ring substituents is 1. The normalized spacial score (nSPS) is 25.3. The Balaban J connectivity index is 1.39. The van der Waals surface area contributed by atoms with E-state index in [2.05, 4.69) is 0 Å². The monoisotopic (exact) mass is 534 g/mol. The molecule has 0 unspecified atom stereocenters. The molecular weight excluding hydrogens is 503 g/mol.